The number of likely N-dealkylation sites (tertiary alicyclic amines) is 1. The van der Waals surface area contributed by atoms with Crippen LogP contribution in [0.5, 0.6) is 0 Å². The van der Waals surface area contributed by atoms with Crippen molar-refractivity contribution in [1.29, 1.82) is 0 Å². The molecule has 1 atom stereocenters. The molecule has 19 heavy (non-hydrogen) atoms. The van der Waals surface area contributed by atoms with Crippen LogP contribution in [0, 0.1) is 9.49 Å². The third-order valence-corrected chi connectivity index (χ3v) is 4.66. The zero-order chi connectivity index (χ0) is 13.7. The smallest absolute Gasteiger partial charge is 0.252 e. The number of hydrogen-bond donors (Lipinski definition) is 1. The van der Waals surface area contributed by atoms with Crippen LogP contribution in [0.4, 0.5) is 0 Å². The minimum atomic E-state index is 0.0543. The molecule has 1 aliphatic heterocycles. The lowest BCUT2D eigenvalue weighted by molar-refractivity contribution is 0.0933. The Morgan fingerprint density at radius 2 is 2.26 bits per heavy atom. The van der Waals surface area contributed by atoms with E-state index in [0.717, 1.165) is 28.8 Å². The molecule has 2 rings (SSSR count). The molecule has 1 heterocycles. The fraction of sp³-hybridized carbons (Fsp3) is 0.533. The highest BCUT2D eigenvalue weighted by Gasteiger charge is 2.19. The molecule has 4 heteroatoms. The lowest BCUT2D eigenvalue weighted by atomic mass is 9.98. The molecule has 0 aliphatic carbocycles. The van der Waals surface area contributed by atoms with Gasteiger partial charge in [-0.1, -0.05) is 19.1 Å². The second-order valence-electron chi connectivity index (χ2n) is 5.09. The summed E-state index contributed by atoms with van der Waals surface area (Å²) in [6.07, 6.45) is 2.47. The van der Waals surface area contributed by atoms with E-state index < -0.39 is 0 Å². The number of rotatable bonds is 4. The Balaban J connectivity index is 1.85. The van der Waals surface area contributed by atoms with Crippen LogP contribution in [-0.2, 0) is 0 Å². The summed E-state index contributed by atoms with van der Waals surface area (Å²) < 4.78 is 1.01. The zero-order valence-corrected chi connectivity index (χ0v) is 13.5. The van der Waals surface area contributed by atoms with Gasteiger partial charge in [0, 0.05) is 16.7 Å². The fourth-order valence-electron chi connectivity index (χ4n) is 2.58. The predicted octanol–water partition coefficient (Wildman–Crippen LogP) is 2.75. The summed E-state index contributed by atoms with van der Waals surface area (Å²) in [5.74, 6) is 0.651. The molecule has 0 spiro atoms. The first kappa shape index (κ1) is 14.8. The van der Waals surface area contributed by atoms with Gasteiger partial charge in [-0.15, -0.1) is 0 Å². The molecule has 0 saturated carbocycles. The summed E-state index contributed by atoms with van der Waals surface area (Å²) in [5, 5.41) is 3.08. The third kappa shape index (κ3) is 4.18. The highest BCUT2D eigenvalue weighted by atomic mass is 127. The van der Waals surface area contributed by atoms with E-state index in [0.29, 0.717) is 5.92 Å². The van der Waals surface area contributed by atoms with Crippen molar-refractivity contribution in [1.82, 2.24) is 10.2 Å². The summed E-state index contributed by atoms with van der Waals surface area (Å²) in [5.41, 5.74) is 0.784. The number of carbonyl (C=O) groups excluding carboxylic acids is 1. The maximum absolute atomic E-state index is 12.1. The molecule has 1 fully saturated rings. The molecular weight excluding hydrogens is 351 g/mol. The number of hydrogen-bond acceptors (Lipinski definition) is 2. The molecular formula is C15H21IN2O. The second-order valence-corrected chi connectivity index (χ2v) is 6.25. The molecule has 0 unspecified atom stereocenters. The zero-order valence-electron chi connectivity index (χ0n) is 11.4. The number of carbonyl (C=O) groups is 1. The molecule has 0 radical (unpaired) electrons. The Labute approximate surface area is 128 Å². The number of halogens is 1. The Bertz CT molecular complexity index is 436. The van der Waals surface area contributed by atoms with Crippen molar-refractivity contribution >= 4 is 28.5 Å². The minimum Gasteiger partial charge on any atom is -0.352 e. The summed E-state index contributed by atoms with van der Waals surface area (Å²) in [7, 11) is 0. The number of benzene rings is 1. The molecule has 1 aromatic rings. The average molecular weight is 372 g/mol. The minimum absolute atomic E-state index is 0.0543. The van der Waals surface area contributed by atoms with Crippen LogP contribution < -0.4 is 5.32 Å². The van der Waals surface area contributed by atoms with Crippen LogP contribution in [0.15, 0.2) is 24.3 Å². The lowest BCUT2D eigenvalue weighted by Gasteiger charge is -2.31. The summed E-state index contributed by atoms with van der Waals surface area (Å²) in [6, 6.07) is 7.72. The molecule has 104 valence electrons. The molecule has 1 aromatic carbocycles. The highest BCUT2D eigenvalue weighted by Crippen LogP contribution is 2.16. The summed E-state index contributed by atoms with van der Waals surface area (Å²) in [4.78, 5) is 14.6. The molecule has 0 aromatic heterocycles. The monoisotopic (exact) mass is 372 g/mol. The molecule has 1 N–H and O–H groups in total. The van der Waals surface area contributed by atoms with E-state index in [-0.39, 0.29) is 5.91 Å². The van der Waals surface area contributed by atoms with Gasteiger partial charge in [0.25, 0.3) is 5.91 Å². The lowest BCUT2D eigenvalue weighted by Crippen LogP contribution is -2.40. The van der Waals surface area contributed by atoms with Crippen molar-refractivity contribution in [2.75, 3.05) is 26.2 Å². The van der Waals surface area contributed by atoms with Crippen LogP contribution in [0.2, 0.25) is 0 Å². The molecule has 3 nitrogen and oxygen atoms in total. The largest absolute Gasteiger partial charge is 0.352 e. The SMILES string of the molecule is CCN1CCC[C@@H](CNC(=O)c2ccccc2I)C1. The fourth-order valence-corrected chi connectivity index (χ4v) is 3.22. The van der Waals surface area contributed by atoms with E-state index in [9.17, 15) is 4.79 Å². The number of nitrogens with one attached hydrogen (secondary N) is 1. The maximum Gasteiger partial charge on any atom is 0.252 e. The average Bonchev–Trinajstić information content (AvgIpc) is 2.45. The first-order chi connectivity index (χ1) is 9.20. The number of piperidine rings is 1. The highest BCUT2D eigenvalue weighted by molar-refractivity contribution is 14.1. The Kier molecular flexibility index (Phi) is 5.63. The first-order valence-corrected chi connectivity index (χ1v) is 8.03. The van der Waals surface area contributed by atoms with Gasteiger partial charge in [-0.05, 0) is 66.6 Å². The van der Waals surface area contributed by atoms with Crippen LogP contribution in [0.25, 0.3) is 0 Å². The van der Waals surface area contributed by atoms with Gasteiger partial charge in [0.15, 0.2) is 0 Å². The van der Waals surface area contributed by atoms with Crippen molar-refractivity contribution in [3.05, 3.63) is 33.4 Å². The standard InChI is InChI=1S/C15H21IN2O/c1-2-18-9-5-6-12(11-18)10-17-15(19)13-7-3-4-8-14(13)16/h3-4,7-8,12H,2,5-6,9-11H2,1H3,(H,17,19)/t12-/m0/s1. The van der Waals surface area contributed by atoms with E-state index in [1.54, 1.807) is 0 Å². The topological polar surface area (TPSA) is 32.3 Å². The molecule has 0 bridgehead atoms. The quantitative estimate of drug-likeness (QED) is 0.825. The Hall–Kier alpha value is -0.620. The van der Waals surface area contributed by atoms with Gasteiger partial charge in [0.05, 0.1) is 5.56 Å². The van der Waals surface area contributed by atoms with Crippen molar-refractivity contribution < 1.29 is 4.79 Å². The van der Waals surface area contributed by atoms with Gasteiger partial charge in [0.2, 0.25) is 0 Å². The first-order valence-electron chi connectivity index (χ1n) is 6.95. The van der Waals surface area contributed by atoms with Gasteiger partial charge >= 0.3 is 0 Å². The van der Waals surface area contributed by atoms with Gasteiger partial charge < -0.3 is 10.2 Å². The molecule has 1 amide bonds. The van der Waals surface area contributed by atoms with Crippen LogP contribution in [0.1, 0.15) is 30.1 Å². The van der Waals surface area contributed by atoms with Crippen molar-refractivity contribution in [2.24, 2.45) is 5.92 Å². The van der Waals surface area contributed by atoms with Crippen molar-refractivity contribution in [3.8, 4) is 0 Å². The third-order valence-electron chi connectivity index (χ3n) is 3.72. The van der Waals surface area contributed by atoms with E-state index in [1.165, 1.54) is 19.4 Å². The predicted molar refractivity (Wildman–Crippen MR) is 86.3 cm³/mol. The maximum atomic E-state index is 12.1. The normalized spacial score (nSPS) is 20.2. The molecule has 1 aliphatic rings. The van der Waals surface area contributed by atoms with E-state index in [4.69, 9.17) is 0 Å². The summed E-state index contributed by atoms with van der Waals surface area (Å²) in [6.45, 7) is 6.43. The van der Waals surface area contributed by atoms with Crippen LogP contribution in [0.3, 0.4) is 0 Å². The summed E-state index contributed by atoms with van der Waals surface area (Å²) >= 11 is 2.21. The van der Waals surface area contributed by atoms with E-state index >= 15 is 0 Å². The van der Waals surface area contributed by atoms with Gasteiger partial charge in [0.1, 0.15) is 0 Å². The Morgan fingerprint density at radius 3 is 3.00 bits per heavy atom. The number of amides is 1. The number of nitrogens with zero attached hydrogens (tertiary/aromatic N) is 1. The van der Waals surface area contributed by atoms with Crippen molar-refractivity contribution in [3.63, 3.8) is 0 Å². The van der Waals surface area contributed by atoms with E-state index in [2.05, 4.69) is 39.7 Å². The van der Waals surface area contributed by atoms with Crippen LogP contribution in [-0.4, -0.2) is 37.0 Å². The van der Waals surface area contributed by atoms with Gasteiger partial charge in [-0.2, -0.15) is 0 Å². The van der Waals surface area contributed by atoms with Gasteiger partial charge in [-0.3, -0.25) is 4.79 Å². The van der Waals surface area contributed by atoms with Crippen LogP contribution >= 0.6 is 22.6 Å². The second kappa shape index (κ2) is 7.24. The molecule has 1 saturated heterocycles. The van der Waals surface area contributed by atoms with Crippen molar-refractivity contribution in [2.45, 2.75) is 19.8 Å². The van der Waals surface area contributed by atoms with Gasteiger partial charge in [-0.25, -0.2) is 0 Å². The van der Waals surface area contributed by atoms with E-state index in [1.807, 2.05) is 24.3 Å². The Morgan fingerprint density at radius 1 is 1.47 bits per heavy atom.